The number of hydrogen-bond acceptors (Lipinski definition) is 3. The highest BCUT2D eigenvalue weighted by atomic mass is 35.5. The molecule has 0 bridgehead atoms. The summed E-state index contributed by atoms with van der Waals surface area (Å²) in [6.45, 7) is -0.584. The van der Waals surface area contributed by atoms with E-state index in [1.165, 1.54) is 0 Å². The summed E-state index contributed by atoms with van der Waals surface area (Å²) < 4.78 is 30.6. The van der Waals surface area contributed by atoms with Crippen LogP contribution in [0.4, 0.5) is 14.5 Å². The Morgan fingerprint density at radius 1 is 1.05 bits per heavy atom. The van der Waals surface area contributed by atoms with Gasteiger partial charge in [0.15, 0.2) is 6.61 Å². The fourth-order valence-corrected chi connectivity index (χ4v) is 1.74. The standard InChI is InChI=1S/C15H10ClF2NO3/c16-10-1-3-13(4-2-10)19-14(20)8-22-15(21)9-5-11(17)7-12(18)6-9/h1-7H,8H2,(H,19,20). The average Bonchev–Trinajstić information content (AvgIpc) is 2.46. The first-order valence-electron chi connectivity index (χ1n) is 6.12. The number of rotatable bonds is 4. The van der Waals surface area contributed by atoms with Crippen molar-refractivity contribution in [1.29, 1.82) is 0 Å². The number of benzene rings is 2. The lowest BCUT2D eigenvalue weighted by molar-refractivity contribution is -0.119. The van der Waals surface area contributed by atoms with Gasteiger partial charge in [0, 0.05) is 16.8 Å². The first-order chi connectivity index (χ1) is 10.4. The molecule has 0 saturated heterocycles. The minimum atomic E-state index is -0.996. The first kappa shape index (κ1) is 15.9. The third-order valence-corrected chi connectivity index (χ3v) is 2.81. The summed E-state index contributed by atoms with van der Waals surface area (Å²) >= 11 is 5.70. The minimum Gasteiger partial charge on any atom is -0.452 e. The molecule has 2 rings (SSSR count). The molecule has 0 spiro atoms. The van der Waals surface area contributed by atoms with Crippen molar-refractivity contribution in [2.75, 3.05) is 11.9 Å². The normalized spacial score (nSPS) is 10.1. The Balaban J connectivity index is 1.90. The molecule has 4 nitrogen and oxygen atoms in total. The second-order valence-corrected chi connectivity index (χ2v) is 4.73. The molecule has 7 heteroatoms. The number of hydrogen-bond donors (Lipinski definition) is 1. The summed E-state index contributed by atoms with van der Waals surface area (Å²) in [5.74, 6) is -3.40. The summed E-state index contributed by atoms with van der Waals surface area (Å²) in [5, 5.41) is 2.99. The van der Waals surface area contributed by atoms with E-state index < -0.39 is 30.1 Å². The molecule has 0 aliphatic heterocycles. The molecule has 0 unspecified atom stereocenters. The maximum absolute atomic E-state index is 13.0. The minimum absolute atomic E-state index is 0.309. The Kier molecular flexibility index (Phi) is 5.06. The lowest BCUT2D eigenvalue weighted by Crippen LogP contribution is -2.21. The fourth-order valence-electron chi connectivity index (χ4n) is 1.62. The number of anilines is 1. The topological polar surface area (TPSA) is 55.4 Å². The van der Waals surface area contributed by atoms with Crippen LogP contribution in [0.2, 0.25) is 5.02 Å². The molecule has 1 amide bonds. The zero-order valence-electron chi connectivity index (χ0n) is 11.1. The van der Waals surface area contributed by atoms with Gasteiger partial charge in [-0.15, -0.1) is 0 Å². The van der Waals surface area contributed by atoms with Gasteiger partial charge in [0.2, 0.25) is 0 Å². The average molecular weight is 326 g/mol. The number of ether oxygens (including phenoxy) is 1. The largest absolute Gasteiger partial charge is 0.452 e. The molecule has 114 valence electrons. The van der Waals surface area contributed by atoms with Gasteiger partial charge in [-0.2, -0.15) is 0 Å². The van der Waals surface area contributed by atoms with Crippen LogP contribution in [0.5, 0.6) is 0 Å². The van der Waals surface area contributed by atoms with Crippen LogP contribution in [0.25, 0.3) is 0 Å². The highest BCUT2D eigenvalue weighted by molar-refractivity contribution is 6.30. The Hall–Kier alpha value is -2.47. The molecule has 0 heterocycles. The zero-order chi connectivity index (χ0) is 16.1. The van der Waals surface area contributed by atoms with Gasteiger partial charge in [0.05, 0.1) is 5.56 Å². The quantitative estimate of drug-likeness (QED) is 0.876. The van der Waals surface area contributed by atoms with E-state index in [-0.39, 0.29) is 5.56 Å². The van der Waals surface area contributed by atoms with Crippen LogP contribution < -0.4 is 5.32 Å². The Morgan fingerprint density at radius 2 is 1.64 bits per heavy atom. The van der Waals surface area contributed by atoms with Crippen molar-refractivity contribution in [3.63, 3.8) is 0 Å². The number of esters is 1. The monoisotopic (exact) mass is 325 g/mol. The second-order valence-electron chi connectivity index (χ2n) is 4.29. The SMILES string of the molecule is O=C(COC(=O)c1cc(F)cc(F)c1)Nc1ccc(Cl)cc1. The maximum Gasteiger partial charge on any atom is 0.338 e. The van der Waals surface area contributed by atoms with Crippen LogP contribution in [0.3, 0.4) is 0 Å². The maximum atomic E-state index is 13.0. The molecule has 0 fully saturated rings. The molecule has 2 aromatic rings. The second kappa shape index (κ2) is 7.00. The lowest BCUT2D eigenvalue weighted by atomic mass is 10.2. The van der Waals surface area contributed by atoms with Gasteiger partial charge in [-0.1, -0.05) is 11.6 Å². The molecule has 0 aliphatic carbocycles. The molecule has 2 aromatic carbocycles. The number of halogens is 3. The molecule has 0 aliphatic rings. The molecule has 0 atom stereocenters. The first-order valence-corrected chi connectivity index (χ1v) is 6.50. The highest BCUT2D eigenvalue weighted by Crippen LogP contribution is 2.13. The predicted molar refractivity (Wildman–Crippen MR) is 76.7 cm³/mol. The van der Waals surface area contributed by atoms with Crippen molar-refractivity contribution in [2.45, 2.75) is 0 Å². The van der Waals surface area contributed by atoms with E-state index in [0.717, 1.165) is 12.1 Å². The van der Waals surface area contributed by atoms with Crippen molar-refractivity contribution in [1.82, 2.24) is 0 Å². The van der Waals surface area contributed by atoms with Gasteiger partial charge < -0.3 is 10.1 Å². The van der Waals surface area contributed by atoms with Crippen molar-refractivity contribution < 1.29 is 23.1 Å². The number of amides is 1. The van der Waals surface area contributed by atoms with E-state index in [9.17, 15) is 18.4 Å². The Labute approximate surface area is 129 Å². The van der Waals surface area contributed by atoms with E-state index in [0.29, 0.717) is 16.8 Å². The summed E-state index contributed by atoms with van der Waals surface area (Å²) in [7, 11) is 0. The molecule has 1 N–H and O–H groups in total. The Morgan fingerprint density at radius 3 is 2.23 bits per heavy atom. The van der Waals surface area contributed by atoms with Gasteiger partial charge >= 0.3 is 5.97 Å². The van der Waals surface area contributed by atoms with Gasteiger partial charge in [-0.25, -0.2) is 13.6 Å². The number of carbonyl (C=O) groups excluding carboxylic acids is 2. The van der Waals surface area contributed by atoms with Gasteiger partial charge in [0.25, 0.3) is 5.91 Å². The molecular formula is C15H10ClF2NO3. The lowest BCUT2D eigenvalue weighted by Gasteiger charge is -2.07. The molecule has 22 heavy (non-hydrogen) atoms. The molecule has 0 radical (unpaired) electrons. The van der Waals surface area contributed by atoms with E-state index in [2.05, 4.69) is 10.1 Å². The molecule has 0 aromatic heterocycles. The summed E-state index contributed by atoms with van der Waals surface area (Å²) in [6, 6.07) is 8.58. The van der Waals surface area contributed by atoms with Crippen molar-refractivity contribution >= 4 is 29.2 Å². The molecular weight excluding hydrogens is 316 g/mol. The molecule has 0 saturated carbocycles. The van der Waals surface area contributed by atoms with Crippen LogP contribution in [-0.2, 0) is 9.53 Å². The van der Waals surface area contributed by atoms with E-state index in [4.69, 9.17) is 11.6 Å². The number of nitrogens with one attached hydrogen (secondary N) is 1. The zero-order valence-corrected chi connectivity index (χ0v) is 11.9. The van der Waals surface area contributed by atoms with Crippen molar-refractivity contribution in [3.05, 3.63) is 64.7 Å². The van der Waals surface area contributed by atoms with E-state index in [1.807, 2.05) is 0 Å². The third-order valence-electron chi connectivity index (χ3n) is 2.56. The van der Waals surface area contributed by atoms with E-state index in [1.54, 1.807) is 24.3 Å². The summed E-state index contributed by atoms with van der Waals surface area (Å²) in [6.07, 6.45) is 0. The van der Waals surface area contributed by atoms with Gasteiger partial charge in [0.1, 0.15) is 11.6 Å². The Bertz CT molecular complexity index is 684. The van der Waals surface area contributed by atoms with Gasteiger partial charge in [-0.3, -0.25) is 4.79 Å². The van der Waals surface area contributed by atoms with Crippen LogP contribution >= 0.6 is 11.6 Å². The fraction of sp³-hybridized carbons (Fsp3) is 0.0667. The summed E-state index contributed by atoms with van der Waals surface area (Å²) in [4.78, 5) is 23.2. The summed E-state index contributed by atoms with van der Waals surface area (Å²) in [5.41, 5.74) is 0.166. The van der Waals surface area contributed by atoms with Crippen LogP contribution in [0, 0.1) is 11.6 Å². The van der Waals surface area contributed by atoms with Gasteiger partial charge in [-0.05, 0) is 36.4 Å². The van der Waals surface area contributed by atoms with Crippen LogP contribution in [0.15, 0.2) is 42.5 Å². The predicted octanol–water partition coefficient (Wildman–Crippen LogP) is 3.41. The number of carbonyl (C=O) groups is 2. The van der Waals surface area contributed by atoms with E-state index >= 15 is 0 Å². The van der Waals surface area contributed by atoms with Crippen LogP contribution in [-0.4, -0.2) is 18.5 Å². The van der Waals surface area contributed by atoms with Crippen LogP contribution in [0.1, 0.15) is 10.4 Å². The highest BCUT2D eigenvalue weighted by Gasteiger charge is 2.12. The van der Waals surface area contributed by atoms with Crippen molar-refractivity contribution in [3.8, 4) is 0 Å². The van der Waals surface area contributed by atoms with Crippen molar-refractivity contribution in [2.24, 2.45) is 0 Å². The third kappa shape index (κ3) is 4.53. The smallest absolute Gasteiger partial charge is 0.338 e.